The number of nitrogens with one attached hydrogen (secondary N) is 1. The molecule has 0 aliphatic carbocycles. The van der Waals surface area contributed by atoms with Crippen LogP contribution in [-0.4, -0.2) is 37.0 Å². The summed E-state index contributed by atoms with van der Waals surface area (Å²) in [6, 6.07) is 0.321. The lowest BCUT2D eigenvalue weighted by Crippen LogP contribution is -2.57. The first-order valence-corrected chi connectivity index (χ1v) is 5.56. The van der Waals surface area contributed by atoms with Gasteiger partial charge in [0.25, 0.3) is 5.91 Å². The standard InChI is InChI=1S/C12H18N2O2/c1-7-8(2)16-9(3)11(7)12(15)14(4)10-5-13-6-10/h10,13H,5-6H2,1-4H3. The lowest BCUT2D eigenvalue weighted by Gasteiger charge is -2.35. The van der Waals surface area contributed by atoms with Gasteiger partial charge in [-0.3, -0.25) is 4.79 Å². The van der Waals surface area contributed by atoms with Crippen LogP contribution in [0.4, 0.5) is 0 Å². The van der Waals surface area contributed by atoms with Crippen molar-refractivity contribution in [2.45, 2.75) is 26.8 Å². The molecule has 16 heavy (non-hydrogen) atoms. The van der Waals surface area contributed by atoms with Gasteiger partial charge < -0.3 is 14.6 Å². The van der Waals surface area contributed by atoms with Crippen molar-refractivity contribution in [2.24, 2.45) is 0 Å². The maximum atomic E-state index is 12.3. The van der Waals surface area contributed by atoms with E-state index in [1.165, 1.54) is 0 Å². The first-order valence-electron chi connectivity index (χ1n) is 5.56. The molecule has 1 N–H and O–H groups in total. The molecule has 4 nitrogen and oxygen atoms in total. The van der Waals surface area contributed by atoms with Crippen molar-refractivity contribution in [3.8, 4) is 0 Å². The minimum Gasteiger partial charge on any atom is -0.466 e. The number of rotatable bonds is 2. The molecule has 0 bridgehead atoms. The summed E-state index contributed by atoms with van der Waals surface area (Å²) in [6.45, 7) is 7.45. The number of carbonyl (C=O) groups is 1. The summed E-state index contributed by atoms with van der Waals surface area (Å²) in [4.78, 5) is 14.1. The molecule has 1 fully saturated rings. The Labute approximate surface area is 95.6 Å². The van der Waals surface area contributed by atoms with Crippen molar-refractivity contribution in [2.75, 3.05) is 20.1 Å². The summed E-state index contributed by atoms with van der Waals surface area (Å²) >= 11 is 0. The number of likely N-dealkylation sites (N-methyl/N-ethyl adjacent to an activating group) is 1. The smallest absolute Gasteiger partial charge is 0.257 e. The fourth-order valence-electron chi connectivity index (χ4n) is 2.00. The molecule has 1 amide bonds. The number of carbonyl (C=O) groups excluding carboxylic acids is 1. The SMILES string of the molecule is Cc1oc(C)c(C(=O)N(C)C2CNC2)c1C. The second-order valence-corrected chi connectivity index (χ2v) is 4.44. The Bertz CT molecular complexity index is 419. The molecule has 2 heterocycles. The number of furan rings is 1. The summed E-state index contributed by atoms with van der Waals surface area (Å²) in [5, 5.41) is 3.17. The molecule has 0 unspecified atom stereocenters. The fourth-order valence-corrected chi connectivity index (χ4v) is 2.00. The number of amides is 1. The van der Waals surface area contributed by atoms with Crippen molar-refractivity contribution < 1.29 is 9.21 Å². The van der Waals surface area contributed by atoms with Gasteiger partial charge in [-0.05, 0) is 20.8 Å². The molecular weight excluding hydrogens is 204 g/mol. The zero-order valence-electron chi connectivity index (χ0n) is 10.3. The first-order chi connectivity index (χ1) is 7.52. The van der Waals surface area contributed by atoms with Crippen molar-refractivity contribution in [1.82, 2.24) is 10.2 Å². The molecular formula is C12H18N2O2. The van der Waals surface area contributed by atoms with Gasteiger partial charge in [0, 0.05) is 25.7 Å². The molecule has 1 aromatic heterocycles. The van der Waals surface area contributed by atoms with E-state index < -0.39 is 0 Å². The normalized spacial score (nSPS) is 16.0. The van der Waals surface area contributed by atoms with E-state index in [0.29, 0.717) is 6.04 Å². The van der Waals surface area contributed by atoms with Gasteiger partial charge in [-0.25, -0.2) is 0 Å². The molecule has 1 aliphatic rings. The Balaban J connectivity index is 2.25. The molecule has 2 rings (SSSR count). The second kappa shape index (κ2) is 3.94. The number of aryl methyl sites for hydroxylation is 2. The van der Waals surface area contributed by atoms with Crippen molar-refractivity contribution in [1.29, 1.82) is 0 Å². The third kappa shape index (κ3) is 1.63. The van der Waals surface area contributed by atoms with E-state index in [2.05, 4.69) is 5.32 Å². The zero-order valence-corrected chi connectivity index (χ0v) is 10.3. The minimum atomic E-state index is 0.0679. The zero-order chi connectivity index (χ0) is 11.9. The average Bonchev–Trinajstić information content (AvgIpc) is 2.37. The van der Waals surface area contributed by atoms with Gasteiger partial charge in [-0.2, -0.15) is 0 Å². The highest BCUT2D eigenvalue weighted by molar-refractivity contribution is 5.97. The Kier molecular flexibility index (Phi) is 2.76. The summed E-state index contributed by atoms with van der Waals surface area (Å²) in [6.07, 6.45) is 0. The van der Waals surface area contributed by atoms with Gasteiger partial charge >= 0.3 is 0 Å². The number of hydrogen-bond donors (Lipinski definition) is 1. The molecule has 4 heteroatoms. The molecule has 0 aromatic carbocycles. The highest BCUT2D eigenvalue weighted by Crippen LogP contribution is 2.22. The van der Waals surface area contributed by atoms with Crippen LogP contribution in [0.3, 0.4) is 0 Å². The predicted molar refractivity (Wildman–Crippen MR) is 61.7 cm³/mol. The maximum Gasteiger partial charge on any atom is 0.257 e. The number of hydrogen-bond acceptors (Lipinski definition) is 3. The van der Waals surface area contributed by atoms with Crippen molar-refractivity contribution >= 4 is 5.91 Å². The van der Waals surface area contributed by atoms with Crippen LogP contribution in [0, 0.1) is 20.8 Å². The van der Waals surface area contributed by atoms with Crippen LogP contribution in [-0.2, 0) is 0 Å². The quantitative estimate of drug-likeness (QED) is 0.819. The monoisotopic (exact) mass is 222 g/mol. The van der Waals surface area contributed by atoms with E-state index in [0.717, 1.165) is 35.7 Å². The second-order valence-electron chi connectivity index (χ2n) is 4.44. The minimum absolute atomic E-state index is 0.0679. The van der Waals surface area contributed by atoms with Crippen LogP contribution < -0.4 is 5.32 Å². The Morgan fingerprint density at radius 2 is 1.94 bits per heavy atom. The summed E-state index contributed by atoms with van der Waals surface area (Å²) in [7, 11) is 1.86. The molecule has 0 saturated carbocycles. The van der Waals surface area contributed by atoms with E-state index in [-0.39, 0.29) is 5.91 Å². The van der Waals surface area contributed by atoms with E-state index in [9.17, 15) is 4.79 Å². The molecule has 0 atom stereocenters. The largest absolute Gasteiger partial charge is 0.466 e. The Morgan fingerprint density at radius 3 is 2.31 bits per heavy atom. The molecule has 0 radical (unpaired) electrons. The van der Waals surface area contributed by atoms with Crippen molar-refractivity contribution in [3.63, 3.8) is 0 Å². The topological polar surface area (TPSA) is 45.5 Å². The Morgan fingerprint density at radius 1 is 1.31 bits per heavy atom. The van der Waals surface area contributed by atoms with Crippen LogP contribution in [0.25, 0.3) is 0 Å². The summed E-state index contributed by atoms with van der Waals surface area (Å²) in [5.74, 6) is 1.62. The van der Waals surface area contributed by atoms with E-state index in [1.807, 2.05) is 27.8 Å². The molecule has 1 aliphatic heterocycles. The maximum absolute atomic E-state index is 12.3. The average molecular weight is 222 g/mol. The lowest BCUT2D eigenvalue weighted by molar-refractivity contribution is 0.0679. The van der Waals surface area contributed by atoms with Crippen LogP contribution in [0.5, 0.6) is 0 Å². The third-order valence-corrected chi connectivity index (χ3v) is 3.40. The van der Waals surface area contributed by atoms with E-state index in [1.54, 1.807) is 4.90 Å². The number of nitrogens with zero attached hydrogens (tertiary/aromatic N) is 1. The van der Waals surface area contributed by atoms with Gasteiger partial charge in [0.2, 0.25) is 0 Å². The van der Waals surface area contributed by atoms with E-state index in [4.69, 9.17) is 4.42 Å². The van der Waals surface area contributed by atoms with Crippen molar-refractivity contribution in [3.05, 3.63) is 22.6 Å². The van der Waals surface area contributed by atoms with Gasteiger partial charge in [0.1, 0.15) is 11.5 Å². The highest BCUT2D eigenvalue weighted by atomic mass is 16.3. The molecule has 88 valence electrons. The molecule has 1 saturated heterocycles. The molecule has 0 spiro atoms. The lowest BCUT2D eigenvalue weighted by atomic mass is 10.1. The van der Waals surface area contributed by atoms with E-state index >= 15 is 0 Å². The highest BCUT2D eigenvalue weighted by Gasteiger charge is 2.29. The third-order valence-electron chi connectivity index (χ3n) is 3.40. The van der Waals surface area contributed by atoms with Crippen LogP contribution in [0.15, 0.2) is 4.42 Å². The van der Waals surface area contributed by atoms with Crippen LogP contribution in [0.2, 0.25) is 0 Å². The van der Waals surface area contributed by atoms with Gasteiger partial charge in [-0.15, -0.1) is 0 Å². The summed E-state index contributed by atoms with van der Waals surface area (Å²) in [5.41, 5.74) is 1.69. The summed E-state index contributed by atoms with van der Waals surface area (Å²) < 4.78 is 5.48. The van der Waals surface area contributed by atoms with Gasteiger partial charge in [0.05, 0.1) is 11.6 Å². The van der Waals surface area contributed by atoms with Crippen LogP contribution in [0.1, 0.15) is 27.4 Å². The predicted octanol–water partition coefficient (Wildman–Crippen LogP) is 1.25. The first kappa shape index (κ1) is 11.2. The van der Waals surface area contributed by atoms with Crippen LogP contribution >= 0.6 is 0 Å². The van der Waals surface area contributed by atoms with Gasteiger partial charge in [0.15, 0.2) is 0 Å². The van der Waals surface area contributed by atoms with Gasteiger partial charge in [-0.1, -0.05) is 0 Å². The Hall–Kier alpha value is -1.29. The fraction of sp³-hybridized carbons (Fsp3) is 0.583. The molecule has 1 aromatic rings.